The van der Waals surface area contributed by atoms with E-state index in [2.05, 4.69) is 30.4 Å². The molecule has 0 aliphatic heterocycles. The smallest absolute Gasteiger partial charge is 0.0579 e. The highest BCUT2D eigenvalue weighted by Gasteiger charge is 2.41. The van der Waals surface area contributed by atoms with Gasteiger partial charge in [-0.1, -0.05) is 12.1 Å². The molecular formula is C14H20N2. The van der Waals surface area contributed by atoms with Crippen LogP contribution in [0.3, 0.4) is 0 Å². The number of hydrogen-bond donors (Lipinski definition) is 2. The average molecular weight is 216 g/mol. The Bertz CT molecular complexity index is 380. The van der Waals surface area contributed by atoms with E-state index in [4.69, 9.17) is 5.73 Å². The molecule has 0 unspecified atom stereocenters. The number of rotatable bonds is 4. The van der Waals surface area contributed by atoms with Gasteiger partial charge < -0.3 is 11.1 Å². The zero-order valence-electron chi connectivity index (χ0n) is 9.87. The Kier molecular flexibility index (Phi) is 2.31. The highest BCUT2D eigenvalue weighted by atomic mass is 15.0. The first kappa shape index (κ1) is 10.0. The molecule has 1 aromatic rings. The predicted molar refractivity (Wildman–Crippen MR) is 68.5 cm³/mol. The Morgan fingerprint density at radius 3 is 2.38 bits per heavy atom. The van der Waals surface area contributed by atoms with Crippen molar-refractivity contribution in [2.75, 3.05) is 11.1 Å². The quantitative estimate of drug-likeness (QED) is 0.759. The van der Waals surface area contributed by atoms with Crippen molar-refractivity contribution in [3.8, 4) is 0 Å². The van der Waals surface area contributed by atoms with Gasteiger partial charge >= 0.3 is 0 Å². The van der Waals surface area contributed by atoms with Gasteiger partial charge in [0.1, 0.15) is 0 Å². The summed E-state index contributed by atoms with van der Waals surface area (Å²) in [4.78, 5) is 0. The standard InChI is InChI=1S/C14H20N2/c1-9-3-2-4-12(13(9)15)16-14(10-5-6-10)11-7-8-11/h2-4,10-11,14,16H,5-8,15H2,1H3. The Morgan fingerprint density at radius 1 is 1.19 bits per heavy atom. The maximum Gasteiger partial charge on any atom is 0.0579 e. The summed E-state index contributed by atoms with van der Waals surface area (Å²) in [6.07, 6.45) is 5.61. The molecule has 2 heteroatoms. The van der Waals surface area contributed by atoms with Gasteiger partial charge in [-0.3, -0.25) is 0 Å². The molecule has 0 aromatic heterocycles. The van der Waals surface area contributed by atoms with E-state index in [9.17, 15) is 0 Å². The normalized spacial score (nSPS) is 20.1. The molecule has 0 amide bonds. The number of hydrogen-bond acceptors (Lipinski definition) is 2. The molecular weight excluding hydrogens is 196 g/mol. The molecule has 0 spiro atoms. The molecule has 0 saturated heterocycles. The van der Waals surface area contributed by atoms with Crippen molar-refractivity contribution in [2.24, 2.45) is 11.8 Å². The van der Waals surface area contributed by atoms with Crippen LogP contribution in [0.2, 0.25) is 0 Å². The maximum atomic E-state index is 6.11. The molecule has 0 radical (unpaired) electrons. The number of nitrogen functional groups attached to an aromatic ring is 1. The molecule has 0 heterocycles. The second kappa shape index (κ2) is 3.69. The van der Waals surface area contributed by atoms with Gasteiger partial charge in [0.25, 0.3) is 0 Å². The van der Waals surface area contributed by atoms with Crippen LogP contribution in [0.1, 0.15) is 31.2 Å². The van der Waals surface area contributed by atoms with Crippen LogP contribution < -0.4 is 11.1 Å². The summed E-state index contributed by atoms with van der Waals surface area (Å²) in [5, 5.41) is 3.69. The van der Waals surface area contributed by atoms with Gasteiger partial charge in [-0.25, -0.2) is 0 Å². The Morgan fingerprint density at radius 2 is 1.81 bits per heavy atom. The van der Waals surface area contributed by atoms with E-state index in [0.717, 1.165) is 23.2 Å². The molecule has 0 atom stereocenters. The van der Waals surface area contributed by atoms with E-state index >= 15 is 0 Å². The first-order valence-electron chi connectivity index (χ1n) is 6.37. The number of aryl methyl sites for hydroxylation is 1. The van der Waals surface area contributed by atoms with Crippen LogP contribution in [-0.2, 0) is 0 Å². The monoisotopic (exact) mass is 216 g/mol. The molecule has 2 saturated carbocycles. The SMILES string of the molecule is Cc1cccc(NC(C2CC2)C2CC2)c1N. The largest absolute Gasteiger partial charge is 0.397 e. The number of benzene rings is 1. The van der Waals surface area contributed by atoms with Crippen molar-refractivity contribution in [3.05, 3.63) is 23.8 Å². The third kappa shape index (κ3) is 1.89. The van der Waals surface area contributed by atoms with Crippen molar-refractivity contribution in [2.45, 2.75) is 38.6 Å². The average Bonchev–Trinajstić information content (AvgIpc) is 3.15. The zero-order valence-corrected chi connectivity index (χ0v) is 9.87. The summed E-state index contributed by atoms with van der Waals surface area (Å²) in [7, 11) is 0. The molecule has 2 aliphatic rings. The molecule has 0 bridgehead atoms. The lowest BCUT2D eigenvalue weighted by Gasteiger charge is -2.21. The maximum absolute atomic E-state index is 6.11. The topological polar surface area (TPSA) is 38.0 Å². The molecule has 16 heavy (non-hydrogen) atoms. The highest BCUT2D eigenvalue weighted by molar-refractivity contribution is 5.70. The molecule has 86 valence electrons. The fourth-order valence-corrected chi connectivity index (χ4v) is 2.52. The van der Waals surface area contributed by atoms with Crippen molar-refractivity contribution in [3.63, 3.8) is 0 Å². The van der Waals surface area contributed by atoms with Crippen LogP contribution in [0.25, 0.3) is 0 Å². The van der Waals surface area contributed by atoms with E-state index in [1.54, 1.807) is 0 Å². The first-order chi connectivity index (χ1) is 7.75. The zero-order chi connectivity index (χ0) is 11.1. The fourth-order valence-electron chi connectivity index (χ4n) is 2.52. The predicted octanol–water partition coefficient (Wildman–Crippen LogP) is 3.18. The van der Waals surface area contributed by atoms with Gasteiger partial charge in [-0.05, 0) is 56.1 Å². The molecule has 2 fully saturated rings. The van der Waals surface area contributed by atoms with Crippen LogP contribution in [0.4, 0.5) is 11.4 Å². The number of para-hydroxylation sites is 1. The lowest BCUT2D eigenvalue weighted by atomic mass is 10.1. The second-order valence-corrected chi connectivity index (χ2v) is 5.38. The van der Waals surface area contributed by atoms with Crippen molar-refractivity contribution >= 4 is 11.4 Å². The summed E-state index contributed by atoms with van der Waals surface area (Å²) in [6, 6.07) is 6.96. The van der Waals surface area contributed by atoms with Crippen LogP contribution in [-0.4, -0.2) is 6.04 Å². The number of anilines is 2. The van der Waals surface area contributed by atoms with Crippen LogP contribution >= 0.6 is 0 Å². The van der Waals surface area contributed by atoms with Gasteiger partial charge in [-0.2, -0.15) is 0 Å². The van der Waals surface area contributed by atoms with Crippen molar-refractivity contribution in [1.82, 2.24) is 0 Å². The molecule has 2 nitrogen and oxygen atoms in total. The highest BCUT2D eigenvalue weighted by Crippen LogP contribution is 2.46. The Labute approximate surface area is 97.2 Å². The molecule has 3 rings (SSSR count). The molecule has 2 aliphatic carbocycles. The van der Waals surface area contributed by atoms with E-state index in [1.807, 2.05) is 0 Å². The third-order valence-corrected chi connectivity index (χ3v) is 3.91. The number of nitrogens with one attached hydrogen (secondary N) is 1. The number of nitrogens with two attached hydrogens (primary N) is 1. The first-order valence-corrected chi connectivity index (χ1v) is 6.37. The van der Waals surface area contributed by atoms with Gasteiger partial charge in [0.2, 0.25) is 0 Å². The van der Waals surface area contributed by atoms with E-state index in [1.165, 1.54) is 31.2 Å². The Balaban J connectivity index is 1.78. The minimum Gasteiger partial charge on any atom is -0.397 e. The Hall–Kier alpha value is -1.18. The van der Waals surface area contributed by atoms with Crippen molar-refractivity contribution in [1.29, 1.82) is 0 Å². The second-order valence-electron chi connectivity index (χ2n) is 5.38. The van der Waals surface area contributed by atoms with E-state index < -0.39 is 0 Å². The van der Waals surface area contributed by atoms with Gasteiger partial charge in [0.15, 0.2) is 0 Å². The lowest BCUT2D eigenvalue weighted by Crippen LogP contribution is -2.24. The van der Waals surface area contributed by atoms with Crippen molar-refractivity contribution < 1.29 is 0 Å². The summed E-state index contributed by atoms with van der Waals surface area (Å²) in [5.74, 6) is 1.82. The third-order valence-electron chi connectivity index (χ3n) is 3.91. The van der Waals surface area contributed by atoms with Crippen LogP contribution in [0, 0.1) is 18.8 Å². The van der Waals surface area contributed by atoms with Crippen LogP contribution in [0.5, 0.6) is 0 Å². The summed E-state index contributed by atoms with van der Waals surface area (Å²) >= 11 is 0. The van der Waals surface area contributed by atoms with E-state index in [-0.39, 0.29) is 0 Å². The lowest BCUT2D eigenvalue weighted by molar-refractivity contribution is 0.568. The van der Waals surface area contributed by atoms with Gasteiger partial charge in [0, 0.05) is 6.04 Å². The summed E-state index contributed by atoms with van der Waals surface area (Å²) in [5.41, 5.74) is 9.35. The minimum atomic E-state index is 0.684. The summed E-state index contributed by atoms with van der Waals surface area (Å²) < 4.78 is 0. The molecule has 3 N–H and O–H groups in total. The minimum absolute atomic E-state index is 0.684. The van der Waals surface area contributed by atoms with E-state index in [0.29, 0.717) is 6.04 Å². The summed E-state index contributed by atoms with van der Waals surface area (Å²) in [6.45, 7) is 2.07. The van der Waals surface area contributed by atoms with Gasteiger partial charge in [0.05, 0.1) is 11.4 Å². The van der Waals surface area contributed by atoms with Gasteiger partial charge in [-0.15, -0.1) is 0 Å². The fraction of sp³-hybridized carbons (Fsp3) is 0.571. The molecule has 1 aromatic carbocycles. The van der Waals surface area contributed by atoms with Crippen LogP contribution in [0.15, 0.2) is 18.2 Å².